The largest absolute Gasteiger partial charge is 0.383 e. The van der Waals surface area contributed by atoms with Gasteiger partial charge in [-0.25, -0.2) is 4.98 Å². The highest BCUT2D eigenvalue weighted by atomic mass is 16.5. The quantitative estimate of drug-likeness (QED) is 0.448. The van der Waals surface area contributed by atoms with Gasteiger partial charge in [0.2, 0.25) is 0 Å². The summed E-state index contributed by atoms with van der Waals surface area (Å²) in [7, 11) is 1.56. The monoisotopic (exact) mass is 397 g/mol. The third-order valence-electron chi connectivity index (χ3n) is 4.96. The number of hydrogen-bond donors (Lipinski definition) is 2. The van der Waals surface area contributed by atoms with Gasteiger partial charge in [-0.3, -0.25) is 19.4 Å². The summed E-state index contributed by atoms with van der Waals surface area (Å²) in [6, 6.07) is 5.18. The molecule has 0 saturated heterocycles. The molecule has 3 aromatic rings. The van der Waals surface area contributed by atoms with Crippen molar-refractivity contribution in [2.75, 3.05) is 20.3 Å². The van der Waals surface area contributed by atoms with Crippen LogP contribution < -0.4 is 16.4 Å². The molecule has 0 aromatic carbocycles. The van der Waals surface area contributed by atoms with Crippen LogP contribution in [0.2, 0.25) is 0 Å². The summed E-state index contributed by atoms with van der Waals surface area (Å²) in [5.74, 6) is -0.396. The summed E-state index contributed by atoms with van der Waals surface area (Å²) in [5, 5.41) is 11.7. The van der Waals surface area contributed by atoms with Crippen LogP contribution in [0.25, 0.3) is 16.7 Å². The van der Waals surface area contributed by atoms with E-state index in [-0.39, 0.29) is 16.6 Å². The van der Waals surface area contributed by atoms with Crippen molar-refractivity contribution in [1.82, 2.24) is 19.3 Å². The number of methoxy groups -OCH3 is 1. The summed E-state index contributed by atoms with van der Waals surface area (Å²) in [5.41, 5.74) is 1.86. The third kappa shape index (κ3) is 4.07. The fraction of sp³-hybridized carbons (Fsp3) is 0.429. The molecule has 2 N–H and O–H groups in total. The number of nitrogens with zero attached hydrogens (tertiary/aromatic N) is 3. The van der Waals surface area contributed by atoms with E-state index in [0.29, 0.717) is 36.4 Å². The highest BCUT2D eigenvalue weighted by molar-refractivity contribution is 5.96. The lowest BCUT2D eigenvalue weighted by atomic mass is 10.1. The Bertz CT molecular complexity index is 1160. The fourth-order valence-corrected chi connectivity index (χ4v) is 3.37. The van der Waals surface area contributed by atoms with E-state index in [0.717, 1.165) is 24.8 Å². The number of amides is 1. The van der Waals surface area contributed by atoms with Crippen LogP contribution >= 0.6 is 0 Å². The van der Waals surface area contributed by atoms with Gasteiger partial charge < -0.3 is 14.6 Å². The Kier molecular flexibility index (Phi) is 6.43. The van der Waals surface area contributed by atoms with Crippen molar-refractivity contribution in [3.05, 3.63) is 51.4 Å². The number of carbonyl (C=O) groups is 1. The topological polar surface area (TPSA) is 101 Å². The Labute approximate surface area is 168 Å². The molecular weight excluding hydrogens is 370 g/mol. The van der Waals surface area contributed by atoms with Crippen molar-refractivity contribution < 1.29 is 9.53 Å². The molecule has 3 rings (SSSR count). The van der Waals surface area contributed by atoms with Crippen LogP contribution in [0, 0.1) is 12.3 Å². The van der Waals surface area contributed by atoms with E-state index in [1.165, 1.54) is 10.5 Å². The predicted molar refractivity (Wildman–Crippen MR) is 111 cm³/mol. The van der Waals surface area contributed by atoms with E-state index in [9.17, 15) is 9.59 Å². The van der Waals surface area contributed by atoms with Crippen LogP contribution in [-0.4, -0.2) is 40.1 Å². The number of pyridine rings is 2. The number of unbranched alkanes of at least 4 members (excludes halogenated alkanes) is 2. The van der Waals surface area contributed by atoms with Gasteiger partial charge in [0, 0.05) is 26.4 Å². The minimum atomic E-state index is -0.396. The van der Waals surface area contributed by atoms with Crippen LogP contribution in [0.5, 0.6) is 0 Å². The van der Waals surface area contributed by atoms with Crippen molar-refractivity contribution >= 4 is 22.6 Å². The molecule has 8 heteroatoms. The minimum Gasteiger partial charge on any atom is -0.383 e. The molecule has 0 aliphatic carbocycles. The number of carbonyl (C=O) groups excluding carboxylic acids is 1. The maximum Gasteiger partial charge on any atom is 0.267 e. The van der Waals surface area contributed by atoms with Crippen LogP contribution in [0.1, 0.15) is 42.1 Å². The Morgan fingerprint density at radius 1 is 1.31 bits per heavy atom. The van der Waals surface area contributed by atoms with E-state index in [4.69, 9.17) is 15.1 Å². The Balaban J connectivity index is 2.26. The first-order chi connectivity index (χ1) is 14.0. The van der Waals surface area contributed by atoms with Crippen molar-refractivity contribution in [3.8, 4) is 0 Å². The number of aryl methyl sites for hydroxylation is 2. The maximum absolute atomic E-state index is 13.2. The molecule has 1 amide bonds. The summed E-state index contributed by atoms with van der Waals surface area (Å²) < 4.78 is 8.14. The van der Waals surface area contributed by atoms with Crippen LogP contribution in [0.3, 0.4) is 0 Å². The molecule has 0 bridgehead atoms. The van der Waals surface area contributed by atoms with E-state index < -0.39 is 5.91 Å². The zero-order valence-corrected chi connectivity index (χ0v) is 17.1. The van der Waals surface area contributed by atoms with Gasteiger partial charge in [0.05, 0.1) is 17.6 Å². The zero-order valence-electron chi connectivity index (χ0n) is 17.1. The molecule has 0 aliphatic rings. The molecule has 3 heterocycles. The Hall–Kier alpha value is -3.00. The van der Waals surface area contributed by atoms with Gasteiger partial charge >= 0.3 is 0 Å². The Morgan fingerprint density at radius 2 is 2.10 bits per heavy atom. The minimum absolute atomic E-state index is 0.0633. The molecule has 29 heavy (non-hydrogen) atoms. The predicted octanol–water partition coefficient (Wildman–Crippen LogP) is 2.00. The lowest BCUT2D eigenvalue weighted by Crippen LogP contribution is -2.36. The summed E-state index contributed by atoms with van der Waals surface area (Å²) in [4.78, 5) is 30.5. The van der Waals surface area contributed by atoms with Crippen molar-refractivity contribution in [3.63, 3.8) is 0 Å². The Morgan fingerprint density at radius 3 is 2.83 bits per heavy atom. The van der Waals surface area contributed by atoms with Crippen molar-refractivity contribution in [2.24, 2.45) is 0 Å². The first kappa shape index (κ1) is 20.7. The number of ether oxygens (including phenoxy) is 1. The lowest BCUT2D eigenvalue weighted by Gasteiger charge is -2.15. The third-order valence-corrected chi connectivity index (χ3v) is 4.96. The number of nitrogens with one attached hydrogen (secondary N) is 2. The van der Waals surface area contributed by atoms with Gasteiger partial charge in [-0.1, -0.05) is 25.8 Å². The van der Waals surface area contributed by atoms with E-state index in [2.05, 4.69) is 12.2 Å². The number of rotatable bonds is 8. The number of aromatic nitrogens is 3. The average molecular weight is 397 g/mol. The lowest BCUT2D eigenvalue weighted by molar-refractivity contribution is 0.0934. The van der Waals surface area contributed by atoms with Gasteiger partial charge in [0.25, 0.3) is 11.5 Å². The second-order valence-electron chi connectivity index (χ2n) is 7.05. The molecule has 0 atom stereocenters. The first-order valence-electron chi connectivity index (χ1n) is 9.86. The second-order valence-corrected chi connectivity index (χ2v) is 7.05. The highest BCUT2D eigenvalue weighted by Crippen LogP contribution is 2.13. The standard InChI is InChI=1S/C21H27N5O3/c1-4-5-6-10-25-17(22)15(20(27)23-9-12-29-3)13-16-19(25)24-18-14(2)8-7-11-26(18)21(16)28/h7-8,11,13,22H,4-6,9-10,12H2,1-3H3,(H,23,27). The zero-order chi connectivity index (χ0) is 21.0. The molecule has 0 unspecified atom stereocenters. The van der Waals surface area contributed by atoms with Gasteiger partial charge in [-0.2, -0.15) is 0 Å². The van der Waals surface area contributed by atoms with Gasteiger partial charge in [-0.05, 0) is 31.0 Å². The van der Waals surface area contributed by atoms with Crippen molar-refractivity contribution in [2.45, 2.75) is 39.7 Å². The first-order valence-corrected chi connectivity index (χ1v) is 9.86. The summed E-state index contributed by atoms with van der Waals surface area (Å²) in [6.45, 7) is 5.23. The number of hydrogen-bond acceptors (Lipinski definition) is 5. The smallest absolute Gasteiger partial charge is 0.267 e. The van der Waals surface area contributed by atoms with E-state index in [1.807, 2.05) is 13.0 Å². The molecular formula is C21H27N5O3. The summed E-state index contributed by atoms with van der Waals surface area (Å²) in [6.07, 6.45) is 4.53. The molecule has 3 aromatic heterocycles. The van der Waals surface area contributed by atoms with Crippen molar-refractivity contribution in [1.29, 1.82) is 5.41 Å². The van der Waals surface area contributed by atoms with Crippen LogP contribution in [-0.2, 0) is 11.3 Å². The van der Waals surface area contributed by atoms with Gasteiger partial charge in [0.1, 0.15) is 16.8 Å². The average Bonchev–Trinajstić information content (AvgIpc) is 2.71. The van der Waals surface area contributed by atoms with Crippen LogP contribution in [0.4, 0.5) is 0 Å². The molecule has 0 fully saturated rings. The molecule has 8 nitrogen and oxygen atoms in total. The fourth-order valence-electron chi connectivity index (χ4n) is 3.37. The maximum atomic E-state index is 13.2. The van der Waals surface area contributed by atoms with Crippen LogP contribution in [0.15, 0.2) is 29.2 Å². The molecule has 0 radical (unpaired) electrons. The molecule has 0 saturated carbocycles. The SMILES string of the molecule is CCCCCn1c(=N)c(C(=O)NCCOC)cc2c(=O)n3cccc(C)c3nc21. The normalized spacial score (nSPS) is 11.3. The van der Waals surface area contributed by atoms with Gasteiger partial charge in [-0.15, -0.1) is 0 Å². The molecule has 0 aliphatic heterocycles. The van der Waals surface area contributed by atoms with E-state index in [1.54, 1.807) is 23.9 Å². The molecule has 154 valence electrons. The highest BCUT2D eigenvalue weighted by Gasteiger charge is 2.17. The summed E-state index contributed by atoms with van der Waals surface area (Å²) >= 11 is 0. The number of fused-ring (bicyclic) bond motifs is 2. The van der Waals surface area contributed by atoms with Gasteiger partial charge in [0.15, 0.2) is 0 Å². The molecule has 0 spiro atoms. The van der Waals surface area contributed by atoms with E-state index >= 15 is 0 Å². The second kappa shape index (κ2) is 9.00.